The monoisotopic (exact) mass is 345 g/mol. The first-order chi connectivity index (χ1) is 11.4. The lowest BCUT2D eigenvalue weighted by atomic mass is 9.78. The van der Waals surface area contributed by atoms with Crippen LogP contribution >= 0.6 is 11.3 Å². The lowest BCUT2D eigenvalue weighted by Gasteiger charge is -2.29. The van der Waals surface area contributed by atoms with E-state index in [0.717, 1.165) is 0 Å². The van der Waals surface area contributed by atoms with Crippen molar-refractivity contribution in [3.63, 3.8) is 0 Å². The van der Waals surface area contributed by atoms with E-state index in [9.17, 15) is 19.5 Å². The number of carbonyl (C=O) groups is 3. The first-order valence-electron chi connectivity index (χ1n) is 7.57. The predicted octanol–water partition coefficient (Wildman–Crippen LogP) is 3.11. The second kappa shape index (κ2) is 7.40. The number of nitrogens with one attached hydrogen (secondary N) is 1. The van der Waals surface area contributed by atoms with Gasteiger partial charge in [-0.25, -0.2) is 0 Å². The minimum absolute atomic E-state index is 0.0189. The molecule has 0 saturated heterocycles. The molecule has 0 aliphatic carbocycles. The molecule has 0 fully saturated rings. The molecular weight excluding hydrogens is 326 g/mol. The van der Waals surface area contributed by atoms with Crippen LogP contribution in [0.2, 0.25) is 0 Å². The van der Waals surface area contributed by atoms with Gasteiger partial charge in [0, 0.05) is 17.5 Å². The molecule has 2 N–H and O–H groups in total. The van der Waals surface area contributed by atoms with Gasteiger partial charge in [-0.2, -0.15) is 0 Å². The minimum atomic E-state index is -1.18. The molecule has 1 amide bonds. The van der Waals surface area contributed by atoms with Crippen LogP contribution in [0, 0.1) is 0 Å². The Bertz CT molecular complexity index is 753. The highest BCUT2D eigenvalue weighted by Crippen LogP contribution is 2.28. The minimum Gasteiger partial charge on any atom is -0.481 e. The molecule has 6 heteroatoms. The molecule has 0 aliphatic heterocycles. The normalized spacial score (nSPS) is 13.1. The number of Topliss-reactive ketones (excluding diaryl/α,β-unsaturated/α-hetero) is 1. The Balaban J connectivity index is 2.20. The maximum absolute atomic E-state index is 12.3. The van der Waals surface area contributed by atoms with E-state index in [1.807, 2.05) is 6.07 Å². The van der Waals surface area contributed by atoms with Crippen LogP contribution in [0.25, 0.3) is 0 Å². The Morgan fingerprint density at radius 3 is 2.38 bits per heavy atom. The lowest BCUT2D eigenvalue weighted by molar-refractivity contribution is -0.143. The summed E-state index contributed by atoms with van der Waals surface area (Å²) in [6.45, 7) is 3.20. The van der Waals surface area contributed by atoms with Crippen LogP contribution < -0.4 is 5.32 Å². The van der Waals surface area contributed by atoms with Crippen molar-refractivity contribution < 1.29 is 19.5 Å². The molecule has 5 nitrogen and oxygen atoms in total. The fraction of sp³-hybridized carbons (Fsp3) is 0.278. The quantitative estimate of drug-likeness (QED) is 0.755. The zero-order valence-electron chi connectivity index (χ0n) is 13.5. The van der Waals surface area contributed by atoms with E-state index < -0.39 is 11.4 Å². The summed E-state index contributed by atoms with van der Waals surface area (Å²) in [6.07, 6.45) is 0.343. The summed E-state index contributed by atoms with van der Waals surface area (Å²) < 4.78 is 0. The zero-order valence-corrected chi connectivity index (χ0v) is 14.4. The highest BCUT2D eigenvalue weighted by atomic mass is 32.1. The summed E-state index contributed by atoms with van der Waals surface area (Å²) >= 11 is 1.17. The van der Waals surface area contributed by atoms with Gasteiger partial charge >= 0.3 is 5.97 Å². The van der Waals surface area contributed by atoms with E-state index in [1.165, 1.54) is 24.3 Å². The molecule has 1 aromatic heterocycles. The fourth-order valence-electron chi connectivity index (χ4n) is 2.50. The Kier molecular flexibility index (Phi) is 5.51. The van der Waals surface area contributed by atoms with Crippen molar-refractivity contribution in [3.8, 4) is 0 Å². The van der Waals surface area contributed by atoms with Gasteiger partial charge in [-0.05, 0) is 25.0 Å². The number of hydrogen-bond acceptors (Lipinski definition) is 4. The third kappa shape index (κ3) is 3.54. The predicted molar refractivity (Wildman–Crippen MR) is 92.7 cm³/mol. The van der Waals surface area contributed by atoms with Crippen molar-refractivity contribution >= 4 is 29.0 Å². The van der Waals surface area contributed by atoms with Gasteiger partial charge in [0.1, 0.15) is 5.41 Å². The van der Waals surface area contributed by atoms with Gasteiger partial charge in [0.25, 0.3) is 5.91 Å². The molecule has 0 spiro atoms. The summed E-state index contributed by atoms with van der Waals surface area (Å²) in [7, 11) is 0. The molecule has 126 valence electrons. The number of carboxylic acid groups (broad SMARTS) is 1. The topological polar surface area (TPSA) is 83.5 Å². The number of ketones is 1. The first kappa shape index (κ1) is 17.9. The standard InChI is InChI=1S/C18H19NO4S/c1-3-18(17(22)23,14-7-5-4-6-8-14)11-19-16(21)15-9-13(10-24-15)12(2)20/h4-10H,3,11H2,1-2H3,(H,19,21)(H,22,23). The second-order valence-electron chi connectivity index (χ2n) is 5.55. The molecular formula is C18H19NO4S. The van der Waals surface area contributed by atoms with Crippen LogP contribution in [-0.2, 0) is 10.2 Å². The highest BCUT2D eigenvalue weighted by molar-refractivity contribution is 7.12. The summed E-state index contributed by atoms with van der Waals surface area (Å²) in [5.74, 6) is -1.46. The van der Waals surface area contributed by atoms with Crippen molar-refractivity contribution in [1.29, 1.82) is 0 Å². The second-order valence-corrected chi connectivity index (χ2v) is 6.46. The van der Waals surface area contributed by atoms with Gasteiger partial charge in [0.15, 0.2) is 5.78 Å². The average Bonchev–Trinajstić information content (AvgIpc) is 3.07. The Morgan fingerprint density at radius 1 is 1.21 bits per heavy atom. The molecule has 2 rings (SSSR count). The van der Waals surface area contributed by atoms with Crippen LogP contribution in [0.4, 0.5) is 0 Å². The molecule has 0 bridgehead atoms. The molecule has 2 aromatic rings. The van der Waals surface area contributed by atoms with E-state index in [0.29, 0.717) is 22.4 Å². The first-order valence-corrected chi connectivity index (χ1v) is 8.45. The molecule has 1 atom stereocenters. The van der Waals surface area contributed by atoms with Crippen molar-refractivity contribution in [2.75, 3.05) is 6.54 Å². The van der Waals surface area contributed by atoms with Gasteiger partial charge in [-0.3, -0.25) is 14.4 Å². The van der Waals surface area contributed by atoms with E-state index in [4.69, 9.17) is 0 Å². The number of rotatable bonds is 7. The van der Waals surface area contributed by atoms with E-state index >= 15 is 0 Å². The Morgan fingerprint density at radius 2 is 1.88 bits per heavy atom. The van der Waals surface area contributed by atoms with Gasteiger partial charge < -0.3 is 10.4 Å². The number of benzene rings is 1. The number of amides is 1. The average molecular weight is 345 g/mol. The number of carboxylic acids is 1. The molecule has 1 unspecified atom stereocenters. The number of carbonyl (C=O) groups excluding carboxylic acids is 2. The molecule has 0 radical (unpaired) electrons. The molecule has 0 saturated carbocycles. The summed E-state index contributed by atoms with van der Waals surface area (Å²) in [4.78, 5) is 35.9. The SMILES string of the molecule is CCC(CNC(=O)c1cc(C(C)=O)cs1)(C(=O)O)c1ccccc1. The van der Waals surface area contributed by atoms with E-state index in [2.05, 4.69) is 5.32 Å². The third-order valence-electron chi connectivity index (χ3n) is 4.12. The number of thiophene rings is 1. The smallest absolute Gasteiger partial charge is 0.315 e. The lowest BCUT2D eigenvalue weighted by Crippen LogP contribution is -2.46. The van der Waals surface area contributed by atoms with Gasteiger partial charge in [-0.1, -0.05) is 37.3 Å². The highest BCUT2D eigenvalue weighted by Gasteiger charge is 2.39. The maximum Gasteiger partial charge on any atom is 0.315 e. The number of hydrogen-bond donors (Lipinski definition) is 2. The fourth-order valence-corrected chi connectivity index (χ4v) is 3.36. The van der Waals surface area contributed by atoms with Crippen molar-refractivity contribution in [3.05, 3.63) is 57.8 Å². The Hall–Kier alpha value is -2.47. The zero-order chi connectivity index (χ0) is 17.7. The van der Waals surface area contributed by atoms with Gasteiger partial charge in [-0.15, -0.1) is 11.3 Å². The van der Waals surface area contributed by atoms with Crippen molar-refractivity contribution in [2.24, 2.45) is 0 Å². The van der Waals surface area contributed by atoms with Gasteiger partial charge in [0.05, 0.1) is 4.88 Å². The third-order valence-corrected chi connectivity index (χ3v) is 5.05. The molecule has 0 aliphatic rings. The van der Waals surface area contributed by atoms with Crippen LogP contribution in [0.3, 0.4) is 0 Å². The van der Waals surface area contributed by atoms with Crippen molar-refractivity contribution in [1.82, 2.24) is 5.32 Å². The number of aliphatic carboxylic acids is 1. The van der Waals surface area contributed by atoms with Crippen LogP contribution in [-0.4, -0.2) is 29.3 Å². The van der Waals surface area contributed by atoms with E-state index in [-0.39, 0.29) is 18.2 Å². The van der Waals surface area contributed by atoms with Gasteiger partial charge in [0.2, 0.25) is 0 Å². The largest absolute Gasteiger partial charge is 0.481 e. The molecule has 24 heavy (non-hydrogen) atoms. The van der Waals surface area contributed by atoms with Crippen LogP contribution in [0.1, 0.15) is 45.9 Å². The molecule has 1 aromatic carbocycles. The molecule has 1 heterocycles. The Labute approximate surface area is 144 Å². The maximum atomic E-state index is 12.3. The summed E-state index contributed by atoms with van der Waals surface area (Å²) in [6, 6.07) is 10.4. The van der Waals surface area contributed by atoms with E-state index in [1.54, 1.807) is 36.6 Å². The summed E-state index contributed by atoms with van der Waals surface area (Å²) in [5.41, 5.74) is -0.0542. The van der Waals surface area contributed by atoms with Crippen molar-refractivity contribution in [2.45, 2.75) is 25.7 Å². The summed E-state index contributed by atoms with van der Waals surface area (Å²) in [5, 5.41) is 14.1. The van der Waals surface area contributed by atoms with Crippen LogP contribution in [0.15, 0.2) is 41.8 Å². The van der Waals surface area contributed by atoms with Crippen LogP contribution in [0.5, 0.6) is 0 Å².